The van der Waals surface area contributed by atoms with Crippen LogP contribution in [0.5, 0.6) is 0 Å². The molecule has 4 nitrogen and oxygen atoms in total. The number of benzene rings is 2. The third kappa shape index (κ3) is 3.79. The molecule has 0 heterocycles. The Morgan fingerprint density at radius 2 is 1.85 bits per heavy atom. The smallest absolute Gasteiger partial charge is 0.319 e. The number of hydrogen-bond acceptors (Lipinski definition) is 2. The van der Waals surface area contributed by atoms with Crippen molar-refractivity contribution in [2.75, 3.05) is 11.1 Å². The van der Waals surface area contributed by atoms with E-state index >= 15 is 0 Å². The predicted octanol–water partition coefficient (Wildman–Crippen LogP) is 3.90. The third-order valence-electron chi connectivity index (χ3n) is 2.64. The third-order valence-corrected chi connectivity index (χ3v) is 3.32. The Hall–Kier alpha value is -1.91. The van der Waals surface area contributed by atoms with E-state index in [0.717, 1.165) is 5.56 Å². The molecule has 0 atom stereocenters. The molecule has 0 aliphatic rings. The van der Waals surface area contributed by atoms with Crippen molar-refractivity contribution < 1.29 is 4.79 Å². The number of nitrogens with two attached hydrogens (primary N) is 1. The molecule has 6 heteroatoms. The maximum absolute atomic E-state index is 11.8. The highest BCUT2D eigenvalue weighted by Gasteiger charge is 2.06. The Balaban J connectivity index is 1.94. The summed E-state index contributed by atoms with van der Waals surface area (Å²) >= 11 is 12.0. The first kappa shape index (κ1) is 14.5. The molecule has 4 N–H and O–H groups in total. The van der Waals surface area contributed by atoms with Gasteiger partial charge < -0.3 is 16.4 Å². The van der Waals surface area contributed by atoms with Gasteiger partial charge in [0.15, 0.2) is 0 Å². The van der Waals surface area contributed by atoms with Gasteiger partial charge in [0.25, 0.3) is 0 Å². The molecule has 0 unspecified atom stereocenters. The molecule has 2 aromatic rings. The van der Waals surface area contributed by atoms with Crippen molar-refractivity contribution in [3.63, 3.8) is 0 Å². The minimum atomic E-state index is -0.364. The molecule has 0 saturated carbocycles. The van der Waals surface area contributed by atoms with Crippen LogP contribution in [-0.2, 0) is 6.54 Å². The van der Waals surface area contributed by atoms with Gasteiger partial charge in [0, 0.05) is 17.3 Å². The van der Waals surface area contributed by atoms with Gasteiger partial charge in [-0.05, 0) is 29.8 Å². The van der Waals surface area contributed by atoms with E-state index in [1.54, 1.807) is 24.3 Å². The number of urea groups is 1. The van der Waals surface area contributed by atoms with E-state index in [2.05, 4.69) is 10.6 Å². The average Bonchev–Trinajstić information content (AvgIpc) is 2.41. The molecule has 0 aliphatic carbocycles. The van der Waals surface area contributed by atoms with Gasteiger partial charge in [-0.25, -0.2) is 4.79 Å². The first-order chi connectivity index (χ1) is 9.56. The number of anilines is 2. The summed E-state index contributed by atoms with van der Waals surface area (Å²) in [6.07, 6.45) is 0. The molecule has 0 radical (unpaired) electrons. The average molecular weight is 310 g/mol. The number of carbonyl (C=O) groups is 1. The summed E-state index contributed by atoms with van der Waals surface area (Å²) in [6, 6.07) is 11.8. The van der Waals surface area contributed by atoms with Crippen LogP contribution in [0.4, 0.5) is 16.2 Å². The number of nitrogen functional groups attached to an aromatic ring is 1. The number of nitrogens with one attached hydrogen (secondary N) is 2. The van der Waals surface area contributed by atoms with Gasteiger partial charge in [-0.2, -0.15) is 0 Å². The lowest BCUT2D eigenvalue weighted by Crippen LogP contribution is -2.28. The summed E-state index contributed by atoms with van der Waals surface area (Å²) < 4.78 is 0. The molecule has 0 spiro atoms. The monoisotopic (exact) mass is 309 g/mol. The summed E-state index contributed by atoms with van der Waals surface area (Å²) in [5.41, 5.74) is 7.46. The standard InChI is InChI=1S/C14H13Cl2N3O/c15-11-4-2-1-3-9(11)8-18-14(20)19-13-6-5-10(17)7-12(13)16/h1-7H,8,17H2,(H2,18,19,20). The quantitative estimate of drug-likeness (QED) is 0.753. The van der Waals surface area contributed by atoms with Gasteiger partial charge >= 0.3 is 6.03 Å². The number of halogens is 2. The van der Waals surface area contributed by atoms with Crippen LogP contribution >= 0.6 is 23.2 Å². The van der Waals surface area contributed by atoms with Crippen molar-refractivity contribution in [1.82, 2.24) is 5.32 Å². The van der Waals surface area contributed by atoms with Crippen molar-refractivity contribution in [1.29, 1.82) is 0 Å². The molecule has 0 fully saturated rings. The van der Waals surface area contributed by atoms with Gasteiger partial charge in [0.05, 0.1) is 10.7 Å². The Morgan fingerprint density at radius 3 is 2.55 bits per heavy atom. The summed E-state index contributed by atoms with van der Waals surface area (Å²) in [5.74, 6) is 0. The normalized spacial score (nSPS) is 10.1. The van der Waals surface area contributed by atoms with Crippen LogP contribution < -0.4 is 16.4 Å². The van der Waals surface area contributed by atoms with Crippen LogP contribution in [0.2, 0.25) is 10.0 Å². The zero-order chi connectivity index (χ0) is 14.5. The molecular weight excluding hydrogens is 297 g/mol. The highest BCUT2D eigenvalue weighted by molar-refractivity contribution is 6.34. The van der Waals surface area contributed by atoms with Crippen LogP contribution in [0.3, 0.4) is 0 Å². The van der Waals surface area contributed by atoms with E-state index < -0.39 is 0 Å². The van der Waals surface area contributed by atoms with Crippen molar-refractivity contribution in [3.8, 4) is 0 Å². The number of amides is 2. The van der Waals surface area contributed by atoms with Crippen molar-refractivity contribution in [2.45, 2.75) is 6.54 Å². The first-order valence-corrected chi connectivity index (χ1v) is 6.65. The van der Waals surface area contributed by atoms with Crippen molar-refractivity contribution in [2.24, 2.45) is 0 Å². The molecule has 0 bridgehead atoms. The lowest BCUT2D eigenvalue weighted by atomic mass is 10.2. The van der Waals surface area contributed by atoms with Crippen molar-refractivity contribution >= 4 is 40.6 Å². The van der Waals surface area contributed by atoms with Crippen LogP contribution in [0.25, 0.3) is 0 Å². The van der Waals surface area contributed by atoms with Gasteiger partial charge in [-0.3, -0.25) is 0 Å². The Bertz CT molecular complexity index is 632. The van der Waals surface area contributed by atoms with E-state index in [1.807, 2.05) is 18.2 Å². The lowest BCUT2D eigenvalue weighted by molar-refractivity contribution is 0.251. The molecule has 2 rings (SSSR count). The largest absolute Gasteiger partial charge is 0.399 e. The zero-order valence-corrected chi connectivity index (χ0v) is 12.0. The number of hydrogen-bond donors (Lipinski definition) is 3. The second kappa shape index (κ2) is 6.50. The highest BCUT2D eigenvalue weighted by Crippen LogP contribution is 2.23. The lowest BCUT2D eigenvalue weighted by Gasteiger charge is -2.10. The fourth-order valence-electron chi connectivity index (χ4n) is 1.62. The van der Waals surface area contributed by atoms with Crippen LogP contribution in [-0.4, -0.2) is 6.03 Å². The SMILES string of the molecule is Nc1ccc(NC(=O)NCc2ccccc2Cl)c(Cl)c1. The summed E-state index contributed by atoms with van der Waals surface area (Å²) in [5, 5.41) is 6.35. The first-order valence-electron chi connectivity index (χ1n) is 5.89. The Labute approximate surface area is 126 Å². The van der Waals surface area contributed by atoms with Gasteiger partial charge in [0.2, 0.25) is 0 Å². The van der Waals surface area contributed by atoms with Crippen LogP contribution in [0.15, 0.2) is 42.5 Å². The molecule has 20 heavy (non-hydrogen) atoms. The van der Waals surface area contributed by atoms with E-state index in [1.165, 1.54) is 0 Å². The fourth-order valence-corrected chi connectivity index (χ4v) is 2.06. The maximum atomic E-state index is 11.8. The van der Waals surface area contributed by atoms with Crippen molar-refractivity contribution in [3.05, 3.63) is 58.1 Å². The van der Waals surface area contributed by atoms with E-state index in [4.69, 9.17) is 28.9 Å². The maximum Gasteiger partial charge on any atom is 0.319 e. The van der Waals surface area contributed by atoms with Crippen LogP contribution in [0, 0.1) is 0 Å². The zero-order valence-electron chi connectivity index (χ0n) is 10.5. The molecule has 104 valence electrons. The fraction of sp³-hybridized carbons (Fsp3) is 0.0714. The molecule has 0 saturated heterocycles. The second-order valence-corrected chi connectivity index (χ2v) is 4.95. The van der Waals surface area contributed by atoms with Crippen LogP contribution in [0.1, 0.15) is 5.56 Å². The van der Waals surface area contributed by atoms with Gasteiger partial charge in [0.1, 0.15) is 0 Å². The molecule has 2 amide bonds. The second-order valence-electron chi connectivity index (χ2n) is 4.14. The molecule has 0 aliphatic heterocycles. The number of carbonyl (C=O) groups excluding carboxylic acids is 1. The molecular formula is C14H13Cl2N3O. The summed E-state index contributed by atoms with van der Waals surface area (Å²) in [6.45, 7) is 0.331. The predicted molar refractivity (Wildman–Crippen MR) is 83.2 cm³/mol. The minimum Gasteiger partial charge on any atom is -0.399 e. The molecule has 0 aromatic heterocycles. The highest BCUT2D eigenvalue weighted by atomic mass is 35.5. The summed E-state index contributed by atoms with van der Waals surface area (Å²) in [4.78, 5) is 11.8. The van der Waals surface area contributed by atoms with E-state index in [0.29, 0.717) is 28.0 Å². The minimum absolute atomic E-state index is 0.331. The van der Waals surface area contributed by atoms with Gasteiger partial charge in [-0.1, -0.05) is 41.4 Å². The van der Waals surface area contributed by atoms with E-state index in [-0.39, 0.29) is 6.03 Å². The van der Waals surface area contributed by atoms with E-state index in [9.17, 15) is 4.79 Å². The Morgan fingerprint density at radius 1 is 1.10 bits per heavy atom. The Kier molecular flexibility index (Phi) is 4.71. The molecule has 2 aromatic carbocycles. The number of rotatable bonds is 3. The topological polar surface area (TPSA) is 67.1 Å². The summed E-state index contributed by atoms with van der Waals surface area (Å²) in [7, 11) is 0. The van der Waals surface area contributed by atoms with Gasteiger partial charge in [-0.15, -0.1) is 0 Å².